The van der Waals surface area contributed by atoms with Gasteiger partial charge in [0.2, 0.25) is 17.7 Å². The average Bonchev–Trinajstić information content (AvgIpc) is 2.60. The highest BCUT2D eigenvalue weighted by Crippen LogP contribution is 2.41. The maximum atomic E-state index is 12.0. The van der Waals surface area contributed by atoms with Crippen molar-refractivity contribution < 1.29 is 28.6 Å². The Morgan fingerprint density at radius 3 is 1.04 bits per heavy atom. The molecule has 0 heterocycles. The molecule has 0 aromatic heterocycles. The normalized spacial score (nSPS) is 10.4. The predicted molar refractivity (Wildman–Crippen MR) is 126 cm³/mol. The summed E-state index contributed by atoms with van der Waals surface area (Å²) in [7, 11) is 4.24. The third-order valence-corrected chi connectivity index (χ3v) is 6.17. The molecule has 0 fully saturated rings. The van der Waals surface area contributed by atoms with Gasteiger partial charge >= 0.3 is 0 Å². The van der Waals surface area contributed by atoms with Crippen LogP contribution in [0.5, 0.6) is 0 Å². The van der Waals surface area contributed by atoms with E-state index in [1.807, 2.05) is 67.8 Å². The SMILES string of the molecule is COCC(=O)Nc1c(I)c(NC(=O)COC)c(I)c(NC(=O)COC)c1I. The van der Waals surface area contributed by atoms with Crippen LogP contribution in [-0.4, -0.2) is 58.9 Å². The summed E-state index contributed by atoms with van der Waals surface area (Å²) < 4.78 is 16.4. The van der Waals surface area contributed by atoms with Crippen molar-refractivity contribution in [1.82, 2.24) is 0 Å². The van der Waals surface area contributed by atoms with E-state index in [4.69, 9.17) is 14.2 Å². The highest BCUT2D eigenvalue weighted by atomic mass is 127. The quantitative estimate of drug-likeness (QED) is 0.338. The second-order valence-electron chi connectivity index (χ2n) is 5.01. The largest absolute Gasteiger partial charge is 0.375 e. The van der Waals surface area contributed by atoms with E-state index < -0.39 is 0 Å². The van der Waals surface area contributed by atoms with E-state index in [-0.39, 0.29) is 37.5 Å². The van der Waals surface area contributed by atoms with E-state index >= 15 is 0 Å². The Hall–Kier alpha value is -0.300. The summed E-state index contributed by atoms with van der Waals surface area (Å²) in [5.74, 6) is -1.09. The Bertz CT molecular complexity index is 613. The second-order valence-corrected chi connectivity index (χ2v) is 8.25. The Morgan fingerprint density at radius 2 is 0.852 bits per heavy atom. The molecular weight excluding hydrogens is 699 g/mol. The van der Waals surface area contributed by atoms with Crippen molar-refractivity contribution in [2.24, 2.45) is 0 Å². The molecule has 27 heavy (non-hydrogen) atoms. The van der Waals surface area contributed by atoms with Crippen molar-refractivity contribution in [3.8, 4) is 0 Å². The summed E-state index contributed by atoms with van der Waals surface area (Å²) in [6, 6.07) is 0. The molecule has 0 radical (unpaired) electrons. The van der Waals surface area contributed by atoms with Gasteiger partial charge in [0.1, 0.15) is 19.8 Å². The van der Waals surface area contributed by atoms with Crippen LogP contribution in [0.2, 0.25) is 0 Å². The number of methoxy groups -OCH3 is 3. The Morgan fingerprint density at radius 1 is 0.630 bits per heavy atom. The minimum absolute atomic E-state index is 0.130. The molecule has 0 bridgehead atoms. The Labute approximate surface area is 197 Å². The number of hydrogen-bond donors (Lipinski definition) is 3. The van der Waals surface area contributed by atoms with Gasteiger partial charge in [0.25, 0.3) is 0 Å². The number of ether oxygens (including phenoxy) is 3. The lowest BCUT2D eigenvalue weighted by Crippen LogP contribution is -2.24. The number of hydrogen-bond acceptors (Lipinski definition) is 6. The van der Waals surface area contributed by atoms with Crippen molar-refractivity contribution >= 4 is 103 Å². The number of anilines is 3. The molecule has 1 aromatic carbocycles. The first kappa shape index (κ1) is 24.7. The molecule has 9 nitrogen and oxygen atoms in total. The third kappa shape index (κ3) is 7.22. The molecule has 0 spiro atoms. The molecule has 12 heteroatoms. The van der Waals surface area contributed by atoms with Crippen LogP contribution in [0.4, 0.5) is 17.1 Å². The zero-order valence-electron chi connectivity index (χ0n) is 14.7. The molecule has 0 aliphatic carbocycles. The third-order valence-electron chi connectivity index (χ3n) is 2.94. The molecule has 0 aliphatic heterocycles. The first-order chi connectivity index (χ1) is 12.8. The summed E-state index contributed by atoms with van der Waals surface area (Å²) >= 11 is 6.07. The lowest BCUT2D eigenvalue weighted by molar-refractivity contribution is -0.120. The molecule has 0 atom stereocenters. The van der Waals surface area contributed by atoms with Gasteiger partial charge in [-0.05, 0) is 67.8 Å². The van der Waals surface area contributed by atoms with Gasteiger partial charge in [-0.25, -0.2) is 0 Å². The van der Waals surface area contributed by atoms with Crippen molar-refractivity contribution in [2.45, 2.75) is 0 Å². The van der Waals surface area contributed by atoms with Crippen LogP contribution >= 0.6 is 67.8 Å². The smallest absolute Gasteiger partial charge is 0.250 e. The van der Waals surface area contributed by atoms with Gasteiger partial charge in [-0.1, -0.05) is 0 Å². The van der Waals surface area contributed by atoms with Crippen molar-refractivity contribution in [1.29, 1.82) is 0 Å². The number of carbonyl (C=O) groups excluding carboxylic acids is 3. The zero-order chi connectivity index (χ0) is 20.6. The fourth-order valence-electron chi connectivity index (χ4n) is 1.91. The van der Waals surface area contributed by atoms with Gasteiger partial charge < -0.3 is 30.2 Å². The van der Waals surface area contributed by atoms with Crippen molar-refractivity contribution in [3.63, 3.8) is 0 Å². The number of halogens is 3. The van der Waals surface area contributed by atoms with Crippen molar-refractivity contribution in [2.75, 3.05) is 57.1 Å². The van der Waals surface area contributed by atoms with Crippen LogP contribution in [0.15, 0.2) is 0 Å². The Balaban J connectivity index is 3.44. The molecule has 0 saturated carbocycles. The lowest BCUT2D eigenvalue weighted by atomic mass is 10.2. The molecule has 0 saturated heterocycles. The number of amides is 3. The van der Waals surface area contributed by atoms with E-state index in [1.165, 1.54) is 21.3 Å². The van der Waals surface area contributed by atoms with Gasteiger partial charge in [0.05, 0.1) is 27.8 Å². The standard InChI is InChI=1S/C15H18I3N3O6/c1-25-4-7(22)19-13-10(16)14(20-8(23)5-26-2)12(18)15(11(13)17)21-9(24)6-27-3/h4-6H2,1-3H3,(H,19,22)(H,20,23)(H,21,24). The Kier molecular flexibility index (Phi) is 11.3. The molecule has 150 valence electrons. The molecule has 1 aromatic rings. The van der Waals surface area contributed by atoms with E-state index in [1.54, 1.807) is 0 Å². The number of nitrogens with one attached hydrogen (secondary N) is 3. The summed E-state index contributed by atoms with van der Waals surface area (Å²) in [4.78, 5) is 36.0. The van der Waals surface area contributed by atoms with Crippen LogP contribution in [0.3, 0.4) is 0 Å². The van der Waals surface area contributed by atoms with Gasteiger partial charge in [-0.15, -0.1) is 0 Å². The predicted octanol–water partition coefficient (Wildman–Crippen LogP) is 2.26. The average molecular weight is 717 g/mol. The summed E-state index contributed by atoms with van der Waals surface area (Å²) in [5, 5.41) is 8.25. The van der Waals surface area contributed by atoms with Crippen LogP contribution in [-0.2, 0) is 28.6 Å². The summed E-state index contributed by atoms with van der Waals surface area (Å²) in [6.07, 6.45) is 0. The van der Waals surface area contributed by atoms with E-state index in [0.29, 0.717) is 27.8 Å². The van der Waals surface area contributed by atoms with E-state index in [0.717, 1.165) is 0 Å². The number of rotatable bonds is 9. The molecular formula is C15H18I3N3O6. The fourth-order valence-corrected chi connectivity index (χ4v) is 5.89. The van der Waals surface area contributed by atoms with Crippen LogP contribution in [0.1, 0.15) is 0 Å². The second kappa shape index (κ2) is 12.3. The van der Waals surface area contributed by atoms with E-state index in [2.05, 4.69) is 16.0 Å². The van der Waals surface area contributed by atoms with Gasteiger partial charge in [0, 0.05) is 21.3 Å². The number of carbonyl (C=O) groups is 3. The van der Waals surface area contributed by atoms with E-state index in [9.17, 15) is 14.4 Å². The van der Waals surface area contributed by atoms with Gasteiger partial charge in [-0.3, -0.25) is 14.4 Å². The topological polar surface area (TPSA) is 115 Å². The minimum Gasteiger partial charge on any atom is -0.375 e. The minimum atomic E-state index is -0.363. The zero-order valence-corrected chi connectivity index (χ0v) is 21.2. The molecule has 3 amide bonds. The molecule has 0 unspecified atom stereocenters. The van der Waals surface area contributed by atoms with Crippen LogP contribution in [0, 0.1) is 10.7 Å². The maximum absolute atomic E-state index is 12.0. The van der Waals surface area contributed by atoms with Crippen LogP contribution in [0.25, 0.3) is 0 Å². The first-order valence-corrected chi connectivity index (χ1v) is 10.6. The van der Waals surface area contributed by atoms with Crippen LogP contribution < -0.4 is 16.0 Å². The molecule has 1 rings (SSSR count). The highest BCUT2D eigenvalue weighted by Gasteiger charge is 2.24. The van der Waals surface area contributed by atoms with Gasteiger partial charge in [0.15, 0.2) is 0 Å². The summed E-state index contributed by atoms with van der Waals surface area (Å²) in [6.45, 7) is -0.390. The summed E-state index contributed by atoms with van der Waals surface area (Å²) in [5.41, 5.74) is 1.37. The molecule has 3 N–H and O–H groups in total. The monoisotopic (exact) mass is 717 g/mol. The maximum Gasteiger partial charge on any atom is 0.250 e. The lowest BCUT2D eigenvalue weighted by Gasteiger charge is -2.20. The first-order valence-electron chi connectivity index (χ1n) is 7.33. The number of benzene rings is 1. The fraction of sp³-hybridized carbons (Fsp3) is 0.400. The molecule has 0 aliphatic rings. The van der Waals surface area contributed by atoms with Gasteiger partial charge in [-0.2, -0.15) is 0 Å². The van der Waals surface area contributed by atoms with Crippen molar-refractivity contribution in [3.05, 3.63) is 10.7 Å². The highest BCUT2D eigenvalue weighted by molar-refractivity contribution is 14.1.